The number of rotatable bonds is 8. The zero-order valence-corrected chi connectivity index (χ0v) is 18.9. The molecule has 0 saturated carbocycles. The second-order valence-electron chi connectivity index (χ2n) is 7.79. The molecular weight excluding hydrogens is 408 g/mol. The summed E-state index contributed by atoms with van der Waals surface area (Å²) in [5, 5.41) is 2.89. The largest absolute Gasteiger partial charge is 0.354 e. The summed E-state index contributed by atoms with van der Waals surface area (Å²) in [6.45, 7) is 5.98. The van der Waals surface area contributed by atoms with Crippen LogP contribution in [0.5, 0.6) is 0 Å². The highest BCUT2D eigenvalue weighted by atomic mass is 32.2. The van der Waals surface area contributed by atoms with Gasteiger partial charge in [-0.2, -0.15) is 0 Å². The van der Waals surface area contributed by atoms with Crippen LogP contribution in [0.3, 0.4) is 0 Å². The molecule has 0 aromatic heterocycles. The fourth-order valence-corrected chi connectivity index (χ4v) is 4.91. The van der Waals surface area contributed by atoms with Gasteiger partial charge in [-0.25, -0.2) is 8.42 Å². The number of anilines is 1. The van der Waals surface area contributed by atoms with E-state index in [1.165, 1.54) is 4.31 Å². The molecule has 6 heteroatoms. The topological polar surface area (TPSA) is 66.5 Å². The van der Waals surface area contributed by atoms with Gasteiger partial charge in [0.1, 0.15) is 6.54 Å². The molecule has 0 fully saturated rings. The van der Waals surface area contributed by atoms with Gasteiger partial charge in [-0.05, 0) is 60.7 Å². The fraction of sp³-hybridized carbons (Fsp3) is 0.240. The van der Waals surface area contributed by atoms with Gasteiger partial charge in [0, 0.05) is 6.54 Å². The summed E-state index contributed by atoms with van der Waals surface area (Å²) in [7, 11) is -3.90. The molecular formula is C25H28N2O3S. The van der Waals surface area contributed by atoms with E-state index >= 15 is 0 Å². The molecule has 3 rings (SSSR count). The second kappa shape index (κ2) is 9.79. The first-order chi connectivity index (χ1) is 14.8. The van der Waals surface area contributed by atoms with E-state index in [0.717, 1.165) is 16.7 Å². The molecule has 0 saturated heterocycles. The number of carbonyl (C=O) groups excluding carboxylic acids is 1. The molecule has 3 aromatic rings. The lowest BCUT2D eigenvalue weighted by Crippen LogP contribution is -2.41. The lowest BCUT2D eigenvalue weighted by atomic mass is 10.0. The molecule has 3 aromatic carbocycles. The Hall–Kier alpha value is -3.12. The van der Waals surface area contributed by atoms with Gasteiger partial charge in [0.25, 0.3) is 10.0 Å². The van der Waals surface area contributed by atoms with Crippen molar-refractivity contribution in [2.24, 2.45) is 0 Å². The van der Waals surface area contributed by atoms with Crippen LogP contribution in [0.1, 0.15) is 29.5 Å². The monoisotopic (exact) mass is 436 g/mol. The Bertz CT molecular complexity index is 1110. The minimum Gasteiger partial charge on any atom is -0.354 e. The van der Waals surface area contributed by atoms with E-state index in [-0.39, 0.29) is 23.3 Å². The summed E-state index contributed by atoms with van der Waals surface area (Å²) in [5.41, 5.74) is 3.46. The average molecular weight is 437 g/mol. The lowest BCUT2D eigenvalue weighted by Gasteiger charge is -2.25. The highest BCUT2D eigenvalue weighted by molar-refractivity contribution is 7.92. The Morgan fingerprint density at radius 1 is 0.903 bits per heavy atom. The molecule has 0 spiro atoms. The maximum absolute atomic E-state index is 13.4. The predicted octanol–water partition coefficient (Wildman–Crippen LogP) is 4.42. The van der Waals surface area contributed by atoms with E-state index in [2.05, 4.69) is 5.32 Å². The maximum Gasteiger partial charge on any atom is 0.264 e. The van der Waals surface area contributed by atoms with Gasteiger partial charge < -0.3 is 5.32 Å². The number of hydrogen-bond acceptors (Lipinski definition) is 3. The van der Waals surface area contributed by atoms with Gasteiger partial charge in [0.05, 0.1) is 10.6 Å². The smallest absolute Gasteiger partial charge is 0.264 e. The van der Waals surface area contributed by atoms with Crippen LogP contribution in [0.2, 0.25) is 0 Å². The second-order valence-corrected chi connectivity index (χ2v) is 9.65. The third-order valence-electron chi connectivity index (χ3n) is 5.09. The third kappa shape index (κ3) is 5.73. The van der Waals surface area contributed by atoms with Crippen molar-refractivity contribution in [3.05, 3.63) is 95.6 Å². The molecule has 162 valence electrons. The van der Waals surface area contributed by atoms with E-state index in [4.69, 9.17) is 0 Å². The molecule has 1 N–H and O–H groups in total. The summed E-state index contributed by atoms with van der Waals surface area (Å²) in [6.07, 6.45) is 0. The summed E-state index contributed by atoms with van der Waals surface area (Å²) in [5.74, 6) is -0.230. The molecule has 5 nitrogen and oxygen atoms in total. The number of benzene rings is 3. The van der Waals surface area contributed by atoms with Crippen LogP contribution in [-0.4, -0.2) is 27.4 Å². The molecule has 0 unspecified atom stereocenters. The summed E-state index contributed by atoms with van der Waals surface area (Å²) in [4.78, 5) is 12.9. The van der Waals surface area contributed by atoms with Crippen LogP contribution in [0.4, 0.5) is 5.69 Å². The zero-order valence-electron chi connectivity index (χ0n) is 18.1. The van der Waals surface area contributed by atoms with E-state index in [1.54, 1.807) is 42.5 Å². The van der Waals surface area contributed by atoms with Crippen molar-refractivity contribution in [3.63, 3.8) is 0 Å². The Kier molecular flexibility index (Phi) is 7.13. The SMILES string of the molecule is Cc1cc(C)cc(N(CC(=O)NC[C@@H](C)c2ccccc2)S(=O)(=O)c2ccccc2)c1. The van der Waals surface area contributed by atoms with Crippen molar-refractivity contribution in [2.45, 2.75) is 31.6 Å². The van der Waals surface area contributed by atoms with Gasteiger partial charge in [-0.3, -0.25) is 9.10 Å². The molecule has 0 radical (unpaired) electrons. The molecule has 1 amide bonds. The molecule has 0 aliphatic carbocycles. The van der Waals surface area contributed by atoms with Crippen molar-refractivity contribution in [1.29, 1.82) is 0 Å². The highest BCUT2D eigenvalue weighted by Crippen LogP contribution is 2.25. The average Bonchev–Trinajstić information content (AvgIpc) is 2.76. The van der Waals surface area contributed by atoms with Crippen LogP contribution in [0.15, 0.2) is 83.8 Å². The summed E-state index contributed by atoms with van der Waals surface area (Å²) < 4.78 is 28.0. The first-order valence-corrected chi connectivity index (χ1v) is 11.7. The van der Waals surface area contributed by atoms with Crippen molar-refractivity contribution in [2.75, 3.05) is 17.4 Å². The molecule has 0 heterocycles. The van der Waals surface area contributed by atoms with E-state index in [1.807, 2.05) is 57.2 Å². The van der Waals surface area contributed by atoms with Crippen molar-refractivity contribution in [3.8, 4) is 0 Å². The van der Waals surface area contributed by atoms with Crippen molar-refractivity contribution in [1.82, 2.24) is 5.32 Å². The molecule has 0 aliphatic rings. The number of nitrogens with one attached hydrogen (secondary N) is 1. The van der Waals surface area contributed by atoms with Crippen molar-refractivity contribution < 1.29 is 13.2 Å². The maximum atomic E-state index is 13.4. The van der Waals surface area contributed by atoms with Crippen LogP contribution in [-0.2, 0) is 14.8 Å². The van der Waals surface area contributed by atoms with Gasteiger partial charge >= 0.3 is 0 Å². The number of aryl methyl sites for hydroxylation is 2. The Balaban J connectivity index is 1.84. The lowest BCUT2D eigenvalue weighted by molar-refractivity contribution is -0.119. The third-order valence-corrected chi connectivity index (χ3v) is 6.87. The molecule has 31 heavy (non-hydrogen) atoms. The summed E-state index contributed by atoms with van der Waals surface area (Å²) >= 11 is 0. The first kappa shape index (κ1) is 22.6. The van der Waals surface area contributed by atoms with Gasteiger partial charge in [-0.1, -0.05) is 61.5 Å². The summed E-state index contributed by atoms with van der Waals surface area (Å²) in [6, 6.07) is 23.6. The van der Waals surface area contributed by atoms with Crippen LogP contribution >= 0.6 is 0 Å². The zero-order chi connectivity index (χ0) is 22.4. The Labute approximate surface area is 184 Å². The van der Waals surface area contributed by atoms with Crippen LogP contribution in [0.25, 0.3) is 0 Å². The van der Waals surface area contributed by atoms with Gasteiger partial charge in [-0.15, -0.1) is 0 Å². The number of nitrogens with zero attached hydrogens (tertiary/aromatic N) is 1. The van der Waals surface area contributed by atoms with E-state index in [9.17, 15) is 13.2 Å². The Morgan fingerprint density at radius 2 is 1.45 bits per heavy atom. The minimum atomic E-state index is -3.90. The standard InChI is InChI=1S/C25H28N2O3S/c1-19-14-20(2)16-23(15-19)27(31(29,30)24-12-8-5-9-13-24)18-25(28)26-17-21(3)22-10-6-4-7-11-22/h4-16,21H,17-18H2,1-3H3,(H,26,28)/t21-/m1/s1. The van der Waals surface area contributed by atoms with Crippen LogP contribution in [0, 0.1) is 13.8 Å². The molecule has 0 aliphatic heterocycles. The van der Waals surface area contributed by atoms with E-state index < -0.39 is 10.0 Å². The number of hydrogen-bond donors (Lipinski definition) is 1. The van der Waals surface area contributed by atoms with E-state index in [0.29, 0.717) is 12.2 Å². The Morgan fingerprint density at radius 3 is 2.03 bits per heavy atom. The molecule has 1 atom stereocenters. The number of sulfonamides is 1. The predicted molar refractivity (Wildman–Crippen MR) is 125 cm³/mol. The quantitative estimate of drug-likeness (QED) is 0.568. The number of carbonyl (C=O) groups is 1. The normalized spacial score (nSPS) is 12.2. The van der Waals surface area contributed by atoms with Crippen molar-refractivity contribution >= 4 is 21.6 Å². The fourth-order valence-electron chi connectivity index (χ4n) is 3.48. The first-order valence-electron chi connectivity index (χ1n) is 10.2. The highest BCUT2D eigenvalue weighted by Gasteiger charge is 2.27. The number of amides is 1. The molecule has 0 bridgehead atoms. The van der Waals surface area contributed by atoms with Crippen LogP contribution < -0.4 is 9.62 Å². The minimum absolute atomic E-state index is 0.116. The van der Waals surface area contributed by atoms with Gasteiger partial charge in [0.15, 0.2) is 0 Å². The van der Waals surface area contributed by atoms with Gasteiger partial charge in [0.2, 0.25) is 5.91 Å².